The summed E-state index contributed by atoms with van der Waals surface area (Å²) in [5, 5.41) is 48.1. The van der Waals surface area contributed by atoms with Crippen LogP contribution in [0.4, 0.5) is 0 Å². The minimum atomic E-state index is -2.70. The number of hydrogen-bond acceptors (Lipinski definition) is 10. The number of likely N-dealkylation sites (N-methyl/N-ethyl adjacent to an activating group) is 2. The largest absolute Gasteiger partial charge is 0.510 e. The molecule has 0 saturated heterocycles. The molecule has 0 radical (unpaired) electrons. The van der Waals surface area contributed by atoms with Crippen LogP contribution in [-0.4, -0.2) is 106 Å². The molecule has 3 aliphatic carbocycles. The molecule has 0 aliphatic heterocycles. The summed E-state index contributed by atoms with van der Waals surface area (Å²) in [6.45, 7) is 7.05. The van der Waals surface area contributed by atoms with Gasteiger partial charge in [0.05, 0.1) is 11.6 Å². The van der Waals surface area contributed by atoms with E-state index in [1.165, 1.54) is 11.0 Å². The zero-order chi connectivity index (χ0) is 33.7. The fraction of sp³-hybridized carbons (Fsp3) is 0.412. The number of phenols is 1. The SMILES string of the molecule is CCN(CC)CCNC(=O)c1cccc(-c2ccc(O)c3c2C[C@H]2C[C@H]4[C@@H](N(C)C)C(O)=C(C(N)=O)C(=O)[C@@]4(O)C(O)=C2C3=O)c1. The Kier molecular flexibility index (Phi) is 8.82. The van der Waals surface area contributed by atoms with Crippen LogP contribution in [0.3, 0.4) is 0 Å². The number of benzene rings is 2. The van der Waals surface area contributed by atoms with Crippen LogP contribution >= 0.6 is 0 Å². The average Bonchev–Trinajstić information content (AvgIpc) is 3.01. The topological polar surface area (TPSA) is 194 Å². The van der Waals surface area contributed by atoms with Gasteiger partial charge in [-0.2, -0.15) is 0 Å². The smallest absolute Gasteiger partial charge is 0.255 e. The third-order valence-corrected chi connectivity index (χ3v) is 9.65. The molecule has 7 N–H and O–H groups in total. The number of nitrogens with zero attached hydrogens (tertiary/aromatic N) is 2. The zero-order valence-electron chi connectivity index (χ0n) is 26.3. The Balaban J connectivity index is 1.56. The number of nitrogens with one attached hydrogen (secondary N) is 1. The Morgan fingerprint density at radius 2 is 1.76 bits per heavy atom. The third kappa shape index (κ3) is 5.16. The number of aliphatic hydroxyl groups is 3. The van der Waals surface area contributed by atoms with E-state index in [9.17, 15) is 39.6 Å². The zero-order valence-corrected chi connectivity index (χ0v) is 26.3. The highest BCUT2D eigenvalue weighted by Gasteiger charge is 2.63. The van der Waals surface area contributed by atoms with Gasteiger partial charge in [0.15, 0.2) is 11.4 Å². The Morgan fingerprint density at radius 1 is 1.07 bits per heavy atom. The minimum Gasteiger partial charge on any atom is -0.510 e. The molecule has 12 nitrogen and oxygen atoms in total. The lowest BCUT2D eigenvalue weighted by molar-refractivity contribution is -0.148. The maximum Gasteiger partial charge on any atom is 0.255 e. The van der Waals surface area contributed by atoms with Crippen molar-refractivity contribution in [2.45, 2.75) is 38.3 Å². The molecule has 0 unspecified atom stereocenters. The maximum absolute atomic E-state index is 14.1. The number of phenolic OH excluding ortho intramolecular Hbond substituents is 1. The van der Waals surface area contributed by atoms with Crippen LogP contribution in [0.1, 0.15) is 46.5 Å². The summed E-state index contributed by atoms with van der Waals surface area (Å²) in [5.41, 5.74) is 3.66. The first-order valence-electron chi connectivity index (χ1n) is 15.4. The Hall–Kier alpha value is -4.52. The van der Waals surface area contributed by atoms with Crippen molar-refractivity contribution in [3.05, 3.63) is 75.8 Å². The molecule has 0 spiro atoms. The second-order valence-corrected chi connectivity index (χ2v) is 12.3. The van der Waals surface area contributed by atoms with Gasteiger partial charge in [-0.15, -0.1) is 0 Å². The number of nitrogens with two attached hydrogens (primary N) is 1. The molecule has 4 atom stereocenters. The van der Waals surface area contributed by atoms with Crippen LogP contribution in [0.2, 0.25) is 0 Å². The Morgan fingerprint density at radius 3 is 2.39 bits per heavy atom. The number of hydrogen-bond donors (Lipinski definition) is 6. The first-order chi connectivity index (χ1) is 21.8. The summed E-state index contributed by atoms with van der Waals surface area (Å²) >= 11 is 0. The maximum atomic E-state index is 14.1. The normalized spacial score (nSPS) is 24.2. The lowest BCUT2D eigenvalue weighted by atomic mass is 9.58. The number of Topliss-reactive ketones (excluding diaryl/α,β-unsaturated/α-hetero) is 2. The van der Waals surface area contributed by atoms with Gasteiger partial charge in [0, 0.05) is 30.1 Å². The molecule has 2 aromatic rings. The summed E-state index contributed by atoms with van der Waals surface area (Å²) < 4.78 is 0. The number of amides is 2. The summed E-state index contributed by atoms with van der Waals surface area (Å²) in [4.78, 5) is 56.4. The molecule has 0 fully saturated rings. The summed E-state index contributed by atoms with van der Waals surface area (Å²) in [6.07, 6.45) is 0.119. The van der Waals surface area contributed by atoms with Gasteiger partial charge in [0.1, 0.15) is 22.8 Å². The van der Waals surface area contributed by atoms with E-state index in [0.717, 1.165) is 13.1 Å². The highest BCUT2D eigenvalue weighted by Crippen LogP contribution is 2.53. The number of primary amides is 1. The van der Waals surface area contributed by atoms with Gasteiger partial charge in [-0.1, -0.05) is 32.0 Å². The number of carbonyl (C=O) groups is 4. The molecule has 2 aromatic carbocycles. The van der Waals surface area contributed by atoms with Gasteiger partial charge in [-0.05, 0) is 80.8 Å². The lowest BCUT2D eigenvalue weighted by Crippen LogP contribution is -2.63. The molecular formula is C34H40N4O8. The van der Waals surface area contributed by atoms with Gasteiger partial charge in [-0.3, -0.25) is 24.1 Å². The van der Waals surface area contributed by atoms with Crippen molar-refractivity contribution in [2.24, 2.45) is 17.6 Å². The predicted octanol–water partition coefficient (Wildman–Crippen LogP) is 1.86. The van der Waals surface area contributed by atoms with Crippen molar-refractivity contribution in [2.75, 3.05) is 40.3 Å². The van der Waals surface area contributed by atoms with Gasteiger partial charge < -0.3 is 36.4 Å². The number of aliphatic hydroxyl groups excluding tert-OH is 2. The van der Waals surface area contributed by atoms with E-state index in [1.54, 1.807) is 44.4 Å². The summed E-state index contributed by atoms with van der Waals surface area (Å²) in [6, 6.07) is 8.86. The average molecular weight is 633 g/mol. The molecule has 5 rings (SSSR count). The van der Waals surface area contributed by atoms with E-state index in [1.807, 2.05) is 0 Å². The van der Waals surface area contributed by atoms with Crippen molar-refractivity contribution in [1.29, 1.82) is 0 Å². The van der Waals surface area contributed by atoms with Crippen molar-refractivity contribution < 1.29 is 39.6 Å². The molecule has 3 aliphatic rings. The standard InChI is InChI=1S/C34H40N4O8/c1-5-38(6-2)13-12-36-33(45)18-9-7-8-17(14-18)20-10-11-23(39)25-21(20)15-19-16-22-27(37(3)4)29(41)26(32(35)44)31(43)34(22,46)30(42)24(19)28(25)40/h7-11,14,19,22,27,39,41-42,46H,5-6,12-13,15-16H2,1-4H3,(H2,35,44)(H,36,45)/t19-,22-,27+,34-/m0/s1. The van der Waals surface area contributed by atoms with Crippen LogP contribution in [0, 0.1) is 11.8 Å². The number of aromatic hydroxyl groups is 1. The van der Waals surface area contributed by atoms with Crippen molar-refractivity contribution in [3.63, 3.8) is 0 Å². The van der Waals surface area contributed by atoms with Crippen LogP contribution in [0.5, 0.6) is 5.75 Å². The second kappa shape index (κ2) is 12.3. The molecule has 46 heavy (non-hydrogen) atoms. The van der Waals surface area contributed by atoms with Crippen LogP contribution in [0.25, 0.3) is 11.1 Å². The summed E-state index contributed by atoms with van der Waals surface area (Å²) in [7, 11) is 3.16. The number of ketones is 2. The molecule has 0 heterocycles. The molecule has 2 amide bonds. The number of carbonyl (C=O) groups excluding carboxylic acids is 4. The van der Waals surface area contributed by atoms with Crippen molar-refractivity contribution in [3.8, 4) is 16.9 Å². The second-order valence-electron chi connectivity index (χ2n) is 12.3. The lowest BCUT2D eigenvalue weighted by Gasteiger charge is -2.50. The predicted molar refractivity (Wildman–Crippen MR) is 169 cm³/mol. The number of fused-ring (bicyclic) bond motifs is 3. The fourth-order valence-corrected chi connectivity index (χ4v) is 7.32. The molecular weight excluding hydrogens is 592 g/mol. The molecule has 244 valence electrons. The molecule has 12 heteroatoms. The first-order valence-corrected chi connectivity index (χ1v) is 15.4. The highest BCUT2D eigenvalue weighted by molar-refractivity contribution is 6.25. The fourth-order valence-electron chi connectivity index (χ4n) is 7.32. The minimum absolute atomic E-state index is 0.0180. The van der Waals surface area contributed by atoms with E-state index in [2.05, 4.69) is 24.1 Å². The first kappa shape index (κ1) is 32.9. The van der Waals surface area contributed by atoms with E-state index >= 15 is 0 Å². The highest BCUT2D eigenvalue weighted by atomic mass is 16.3. The third-order valence-electron chi connectivity index (χ3n) is 9.65. The molecule has 0 saturated carbocycles. The van der Waals surface area contributed by atoms with E-state index < -0.39 is 58.0 Å². The van der Waals surface area contributed by atoms with Crippen LogP contribution in [-0.2, 0) is 16.0 Å². The van der Waals surface area contributed by atoms with E-state index in [-0.39, 0.29) is 35.6 Å². The number of allylic oxidation sites excluding steroid dienone is 1. The summed E-state index contributed by atoms with van der Waals surface area (Å²) in [5.74, 6) is -7.30. The van der Waals surface area contributed by atoms with Gasteiger partial charge in [0.2, 0.25) is 5.78 Å². The van der Waals surface area contributed by atoms with Crippen LogP contribution < -0.4 is 11.1 Å². The van der Waals surface area contributed by atoms with E-state index in [4.69, 9.17) is 5.73 Å². The van der Waals surface area contributed by atoms with Crippen molar-refractivity contribution >= 4 is 23.4 Å². The van der Waals surface area contributed by atoms with Gasteiger partial charge in [-0.25, -0.2) is 0 Å². The van der Waals surface area contributed by atoms with E-state index in [0.29, 0.717) is 35.3 Å². The van der Waals surface area contributed by atoms with Gasteiger partial charge in [0.25, 0.3) is 11.8 Å². The van der Waals surface area contributed by atoms with Crippen molar-refractivity contribution in [1.82, 2.24) is 15.1 Å². The Labute approximate surface area is 266 Å². The Bertz CT molecular complexity index is 1690. The number of rotatable bonds is 9. The monoisotopic (exact) mass is 632 g/mol. The molecule has 0 bridgehead atoms. The molecule has 0 aromatic heterocycles. The van der Waals surface area contributed by atoms with Crippen LogP contribution in [0.15, 0.2) is 59.1 Å². The quantitative estimate of drug-likeness (QED) is 0.222. The van der Waals surface area contributed by atoms with Gasteiger partial charge >= 0.3 is 0 Å².